The summed E-state index contributed by atoms with van der Waals surface area (Å²) in [5.41, 5.74) is 3.93. The van der Waals surface area contributed by atoms with Gasteiger partial charge < -0.3 is 0 Å². The number of hydrogen-bond acceptors (Lipinski definition) is 2. The number of unbranched alkanes of at least 4 members (excludes halogenated alkanes) is 1. The normalized spacial score (nSPS) is 10.9. The van der Waals surface area contributed by atoms with Crippen molar-refractivity contribution in [3.8, 4) is 0 Å². The molecule has 0 spiro atoms. The quantitative estimate of drug-likeness (QED) is 0.753. The Morgan fingerprint density at radius 2 is 1.70 bits per heavy atom. The summed E-state index contributed by atoms with van der Waals surface area (Å²) in [7, 11) is 2.14. The molecule has 0 saturated carbocycles. The second kappa shape index (κ2) is 7.81. The second-order valence-corrected chi connectivity index (χ2v) is 5.41. The molecule has 1 aromatic heterocycles. The standard InChI is InChI=1S/C18H24N2/c1-3-4-7-16-9-11-17(12-10-16)14-20(2)15-18-8-5-6-13-19-18/h5-6,8-13H,3-4,7,14-15H2,1-2H3. The van der Waals surface area contributed by atoms with Crippen molar-refractivity contribution in [3.05, 3.63) is 65.5 Å². The number of nitrogens with zero attached hydrogens (tertiary/aromatic N) is 2. The van der Waals surface area contributed by atoms with E-state index in [2.05, 4.69) is 54.2 Å². The van der Waals surface area contributed by atoms with Gasteiger partial charge in [-0.3, -0.25) is 9.88 Å². The summed E-state index contributed by atoms with van der Waals surface area (Å²) in [4.78, 5) is 6.66. The summed E-state index contributed by atoms with van der Waals surface area (Å²) in [5.74, 6) is 0. The highest BCUT2D eigenvalue weighted by atomic mass is 15.1. The molecule has 2 rings (SSSR count). The summed E-state index contributed by atoms with van der Waals surface area (Å²) in [5, 5.41) is 0. The minimum absolute atomic E-state index is 0.887. The highest BCUT2D eigenvalue weighted by Gasteiger charge is 2.02. The molecule has 0 radical (unpaired) electrons. The van der Waals surface area contributed by atoms with E-state index in [0.717, 1.165) is 18.8 Å². The van der Waals surface area contributed by atoms with Gasteiger partial charge in [-0.2, -0.15) is 0 Å². The molecule has 0 bridgehead atoms. The average molecular weight is 268 g/mol. The van der Waals surface area contributed by atoms with Gasteiger partial charge in [-0.05, 0) is 43.1 Å². The molecular formula is C18H24N2. The van der Waals surface area contributed by atoms with E-state index >= 15 is 0 Å². The Balaban J connectivity index is 1.86. The molecule has 2 heteroatoms. The Labute approximate surface area is 122 Å². The van der Waals surface area contributed by atoms with Gasteiger partial charge in [0.2, 0.25) is 0 Å². The predicted octanol–water partition coefficient (Wildman–Crippen LogP) is 4.06. The monoisotopic (exact) mass is 268 g/mol. The number of rotatable bonds is 7. The molecule has 0 saturated heterocycles. The van der Waals surface area contributed by atoms with Gasteiger partial charge in [0.15, 0.2) is 0 Å². The Kier molecular flexibility index (Phi) is 5.75. The van der Waals surface area contributed by atoms with Gasteiger partial charge in [-0.25, -0.2) is 0 Å². The molecule has 0 amide bonds. The molecule has 1 aromatic carbocycles. The van der Waals surface area contributed by atoms with Crippen LogP contribution in [0.2, 0.25) is 0 Å². The van der Waals surface area contributed by atoms with Gasteiger partial charge >= 0.3 is 0 Å². The molecule has 0 N–H and O–H groups in total. The summed E-state index contributed by atoms with van der Waals surface area (Å²) >= 11 is 0. The molecule has 1 heterocycles. The molecule has 106 valence electrons. The highest BCUT2D eigenvalue weighted by Crippen LogP contribution is 2.10. The topological polar surface area (TPSA) is 16.1 Å². The molecule has 0 atom stereocenters. The van der Waals surface area contributed by atoms with Crippen molar-refractivity contribution < 1.29 is 0 Å². The lowest BCUT2D eigenvalue weighted by molar-refractivity contribution is 0.315. The summed E-state index contributed by atoms with van der Waals surface area (Å²) in [6, 6.07) is 15.1. The Hall–Kier alpha value is -1.67. The maximum absolute atomic E-state index is 4.37. The van der Waals surface area contributed by atoms with E-state index in [1.54, 1.807) is 0 Å². The van der Waals surface area contributed by atoms with Crippen LogP contribution in [0, 0.1) is 0 Å². The maximum atomic E-state index is 4.37. The summed E-state index contributed by atoms with van der Waals surface area (Å²) < 4.78 is 0. The lowest BCUT2D eigenvalue weighted by Gasteiger charge is -2.16. The fraction of sp³-hybridized carbons (Fsp3) is 0.389. The van der Waals surface area contributed by atoms with Crippen LogP contribution in [0.4, 0.5) is 0 Å². The third kappa shape index (κ3) is 4.78. The fourth-order valence-electron chi connectivity index (χ4n) is 2.33. The molecule has 0 aliphatic rings. The number of hydrogen-bond donors (Lipinski definition) is 0. The summed E-state index contributed by atoms with van der Waals surface area (Å²) in [6.07, 6.45) is 5.58. The van der Waals surface area contributed by atoms with Crippen LogP contribution < -0.4 is 0 Å². The Morgan fingerprint density at radius 3 is 2.35 bits per heavy atom. The zero-order valence-electron chi connectivity index (χ0n) is 12.5. The van der Waals surface area contributed by atoms with Crippen molar-refractivity contribution in [2.24, 2.45) is 0 Å². The second-order valence-electron chi connectivity index (χ2n) is 5.41. The predicted molar refractivity (Wildman–Crippen MR) is 84.5 cm³/mol. The van der Waals surface area contributed by atoms with E-state index in [1.807, 2.05) is 18.3 Å². The van der Waals surface area contributed by atoms with Crippen LogP contribution in [0.5, 0.6) is 0 Å². The largest absolute Gasteiger partial charge is 0.296 e. The first kappa shape index (κ1) is 14.7. The van der Waals surface area contributed by atoms with Crippen molar-refractivity contribution in [1.82, 2.24) is 9.88 Å². The van der Waals surface area contributed by atoms with Crippen molar-refractivity contribution in [3.63, 3.8) is 0 Å². The van der Waals surface area contributed by atoms with E-state index in [-0.39, 0.29) is 0 Å². The van der Waals surface area contributed by atoms with Crippen molar-refractivity contribution in [2.75, 3.05) is 7.05 Å². The van der Waals surface area contributed by atoms with Gasteiger partial charge in [0.1, 0.15) is 0 Å². The smallest absolute Gasteiger partial charge is 0.0543 e. The highest BCUT2D eigenvalue weighted by molar-refractivity contribution is 5.22. The first-order chi connectivity index (χ1) is 9.78. The molecule has 0 unspecified atom stereocenters. The maximum Gasteiger partial charge on any atom is 0.0543 e. The molecule has 0 fully saturated rings. The van der Waals surface area contributed by atoms with Crippen LogP contribution in [0.25, 0.3) is 0 Å². The van der Waals surface area contributed by atoms with Gasteiger partial charge in [0.25, 0.3) is 0 Å². The van der Waals surface area contributed by atoms with E-state index in [4.69, 9.17) is 0 Å². The number of benzene rings is 1. The van der Waals surface area contributed by atoms with Gasteiger partial charge in [-0.1, -0.05) is 43.7 Å². The first-order valence-corrected chi connectivity index (χ1v) is 7.44. The van der Waals surface area contributed by atoms with Gasteiger partial charge in [-0.15, -0.1) is 0 Å². The van der Waals surface area contributed by atoms with Gasteiger partial charge in [0.05, 0.1) is 5.69 Å². The van der Waals surface area contributed by atoms with Crippen molar-refractivity contribution in [2.45, 2.75) is 39.3 Å². The molecular weight excluding hydrogens is 244 g/mol. The van der Waals surface area contributed by atoms with Crippen molar-refractivity contribution in [1.29, 1.82) is 0 Å². The lowest BCUT2D eigenvalue weighted by atomic mass is 10.1. The fourth-order valence-corrected chi connectivity index (χ4v) is 2.33. The van der Waals surface area contributed by atoms with Crippen LogP contribution in [0.3, 0.4) is 0 Å². The van der Waals surface area contributed by atoms with Crippen LogP contribution >= 0.6 is 0 Å². The molecule has 2 aromatic rings. The van der Waals surface area contributed by atoms with E-state index in [9.17, 15) is 0 Å². The minimum atomic E-state index is 0.887. The first-order valence-electron chi connectivity index (χ1n) is 7.44. The molecule has 0 aliphatic carbocycles. The number of pyridine rings is 1. The third-order valence-corrected chi connectivity index (χ3v) is 3.45. The molecule has 2 nitrogen and oxygen atoms in total. The molecule has 0 aliphatic heterocycles. The van der Waals surface area contributed by atoms with E-state index in [1.165, 1.54) is 30.4 Å². The average Bonchev–Trinajstić information content (AvgIpc) is 2.47. The Morgan fingerprint density at radius 1 is 0.950 bits per heavy atom. The van der Waals surface area contributed by atoms with Crippen LogP contribution in [-0.4, -0.2) is 16.9 Å². The lowest BCUT2D eigenvalue weighted by Crippen LogP contribution is -2.17. The number of aromatic nitrogens is 1. The number of aryl methyl sites for hydroxylation is 1. The van der Waals surface area contributed by atoms with Crippen LogP contribution in [0.15, 0.2) is 48.7 Å². The zero-order chi connectivity index (χ0) is 14.2. The zero-order valence-corrected chi connectivity index (χ0v) is 12.5. The third-order valence-electron chi connectivity index (χ3n) is 3.45. The Bertz CT molecular complexity index is 491. The SMILES string of the molecule is CCCCc1ccc(CN(C)Cc2ccccn2)cc1. The van der Waals surface area contributed by atoms with Gasteiger partial charge in [0, 0.05) is 19.3 Å². The van der Waals surface area contributed by atoms with E-state index < -0.39 is 0 Å². The minimum Gasteiger partial charge on any atom is -0.296 e. The van der Waals surface area contributed by atoms with Crippen molar-refractivity contribution >= 4 is 0 Å². The molecule has 20 heavy (non-hydrogen) atoms. The van der Waals surface area contributed by atoms with Crippen LogP contribution in [-0.2, 0) is 19.5 Å². The van der Waals surface area contributed by atoms with Crippen LogP contribution in [0.1, 0.15) is 36.6 Å². The van der Waals surface area contributed by atoms with E-state index in [0.29, 0.717) is 0 Å². The summed E-state index contributed by atoms with van der Waals surface area (Å²) in [6.45, 7) is 4.09.